The van der Waals surface area contributed by atoms with Gasteiger partial charge in [0.05, 0.1) is 12.0 Å². The summed E-state index contributed by atoms with van der Waals surface area (Å²) in [4.78, 5) is 11.6. The molecule has 3 rings (SSSR count). The number of sulfone groups is 1. The van der Waals surface area contributed by atoms with Crippen LogP contribution in [0.3, 0.4) is 0 Å². The Morgan fingerprint density at radius 3 is 2.15 bits per heavy atom. The molecule has 2 aliphatic rings. The summed E-state index contributed by atoms with van der Waals surface area (Å²) in [6.45, 7) is 0. The molecule has 0 aliphatic heterocycles. The smallest absolute Gasteiger partial charge is 0.325 e. The van der Waals surface area contributed by atoms with Crippen LogP contribution in [-0.4, -0.2) is 31.4 Å². The van der Waals surface area contributed by atoms with Gasteiger partial charge in [0.15, 0.2) is 14.6 Å². The van der Waals surface area contributed by atoms with Crippen molar-refractivity contribution >= 4 is 15.8 Å². The molecule has 108 valence electrons. The zero-order chi connectivity index (χ0) is 14.6. The highest BCUT2D eigenvalue weighted by molar-refractivity contribution is 7.93. The largest absolute Gasteiger partial charge is 0.497 e. The Bertz CT molecular complexity index is 647. The SMILES string of the molecule is COc1ccc(S(=O)(=O)C2(C(=O)O)CC3(CC3)C2)cc1. The lowest BCUT2D eigenvalue weighted by atomic mass is 9.71. The molecule has 2 aliphatic carbocycles. The first-order chi connectivity index (χ1) is 9.35. The van der Waals surface area contributed by atoms with E-state index in [1.165, 1.54) is 31.4 Å². The number of aliphatic carboxylic acids is 1. The summed E-state index contributed by atoms with van der Waals surface area (Å²) >= 11 is 0. The van der Waals surface area contributed by atoms with E-state index in [4.69, 9.17) is 4.74 Å². The van der Waals surface area contributed by atoms with Crippen LogP contribution in [0.2, 0.25) is 0 Å². The van der Waals surface area contributed by atoms with Gasteiger partial charge in [-0.05, 0) is 55.4 Å². The van der Waals surface area contributed by atoms with Crippen LogP contribution in [-0.2, 0) is 14.6 Å². The topological polar surface area (TPSA) is 80.7 Å². The molecule has 0 radical (unpaired) electrons. The van der Waals surface area contributed by atoms with Crippen molar-refractivity contribution in [3.05, 3.63) is 24.3 Å². The quantitative estimate of drug-likeness (QED) is 0.917. The van der Waals surface area contributed by atoms with E-state index in [0.29, 0.717) is 5.75 Å². The molecule has 0 saturated heterocycles. The Morgan fingerprint density at radius 1 is 1.20 bits per heavy atom. The first-order valence-corrected chi connectivity index (χ1v) is 7.96. The van der Waals surface area contributed by atoms with Crippen molar-refractivity contribution in [2.75, 3.05) is 7.11 Å². The second-order valence-corrected chi connectivity index (χ2v) is 8.09. The van der Waals surface area contributed by atoms with Gasteiger partial charge in [-0.25, -0.2) is 8.42 Å². The van der Waals surface area contributed by atoms with E-state index in [2.05, 4.69) is 0 Å². The Morgan fingerprint density at radius 2 is 1.75 bits per heavy atom. The van der Waals surface area contributed by atoms with E-state index in [-0.39, 0.29) is 23.2 Å². The van der Waals surface area contributed by atoms with Crippen molar-refractivity contribution in [3.8, 4) is 5.75 Å². The third-order valence-electron chi connectivity index (χ3n) is 4.55. The molecular weight excluding hydrogens is 280 g/mol. The van der Waals surface area contributed by atoms with Crippen molar-refractivity contribution < 1.29 is 23.1 Å². The van der Waals surface area contributed by atoms with Crippen molar-refractivity contribution in [2.45, 2.75) is 35.3 Å². The summed E-state index contributed by atoms with van der Waals surface area (Å²) in [6.07, 6.45) is 2.37. The molecule has 0 heterocycles. The van der Waals surface area contributed by atoms with Crippen LogP contribution in [0.1, 0.15) is 25.7 Å². The van der Waals surface area contributed by atoms with E-state index < -0.39 is 20.6 Å². The summed E-state index contributed by atoms with van der Waals surface area (Å²) in [7, 11) is -2.38. The number of hydrogen-bond acceptors (Lipinski definition) is 4. The molecule has 0 unspecified atom stereocenters. The standard InChI is InChI=1S/C14H16O5S/c1-19-10-2-4-11(5-3-10)20(17,18)14(12(15)16)8-13(9-14)6-7-13/h2-5H,6-9H2,1H3,(H,15,16). The van der Waals surface area contributed by atoms with Gasteiger partial charge in [-0.2, -0.15) is 0 Å². The van der Waals surface area contributed by atoms with E-state index in [1.807, 2.05) is 0 Å². The fraction of sp³-hybridized carbons (Fsp3) is 0.500. The molecule has 5 nitrogen and oxygen atoms in total. The predicted octanol–water partition coefficient (Wildman–Crippen LogP) is 1.87. The number of methoxy groups -OCH3 is 1. The van der Waals surface area contributed by atoms with Gasteiger partial charge in [-0.1, -0.05) is 0 Å². The first-order valence-electron chi connectivity index (χ1n) is 6.47. The van der Waals surface area contributed by atoms with Crippen LogP contribution in [0.15, 0.2) is 29.2 Å². The number of carbonyl (C=O) groups is 1. The van der Waals surface area contributed by atoms with Crippen LogP contribution in [0, 0.1) is 5.41 Å². The summed E-state index contributed by atoms with van der Waals surface area (Å²) in [5, 5.41) is 9.44. The maximum atomic E-state index is 12.7. The highest BCUT2D eigenvalue weighted by atomic mass is 32.2. The number of carboxylic acids is 1. The lowest BCUT2D eigenvalue weighted by Crippen LogP contribution is -2.57. The molecule has 0 aromatic heterocycles. The average molecular weight is 296 g/mol. The lowest BCUT2D eigenvalue weighted by Gasteiger charge is -2.44. The normalized spacial score (nSPS) is 22.1. The predicted molar refractivity (Wildman–Crippen MR) is 71.4 cm³/mol. The maximum absolute atomic E-state index is 12.7. The van der Waals surface area contributed by atoms with Gasteiger partial charge in [0.1, 0.15) is 5.75 Å². The number of benzene rings is 1. The second kappa shape index (κ2) is 3.97. The first kappa shape index (κ1) is 13.4. The van der Waals surface area contributed by atoms with Gasteiger partial charge in [0, 0.05) is 0 Å². The molecular formula is C14H16O5S. The van der Waals surface area contributed by atoms with Gasteiger partial charge in [-0.3, -0.25) is 4.79 Å². The van der Waals surface area contributed by atoms with E-state index in [0.717, 1.165) is 12.8 Å². The lowest BCUT2D eigenvalue weighted by molar-refractivity contribution is -0.144. The average Bonchev–Trinajstić information content (AvgIpc) is 3.16. The minimum atomic E-state index is -3.87. The molecule has 6 heteroatoms. The summed E-state index contributed by atoms with van der Waals surface area (Å²) in [6, 6.07) is 5.90. The summed E-state index contributed by atoms with van der Waals surface area (Å²) in [5.41, 5.74) is -0.0159. The van der Waals surface area contributed by atoms with Gasteiger partial charge in [0.25, 0.3) is 0 Å². The minimum absolute atomic E-state index is 0.0159. The summed E-state index contributed by atoms with van der Waals surface area (Å²) in [5.74, 6) is -0.688. The van der Waals surface area contributed by atoms with Crippen molar-refractivity contribution in [1.29, 1.82) is 0 Å². The van der Waals surface area contributed by atoms with E-state index >= 15 is 0 Å². The fourth-order valence-electron chi connectivity index (χ4n) is 3.13. The van der Waals surface area contributed by atoms with E-state index in [1.54, 1.807) is 0 Å². The zero-order valence-corrected chi connectivity index (χ0v) is 11.9. The molecule has 1 aromatic rings. The molecule has 1 aromatic carbocycles. The third kappa shape index (κ3) is 1.67. The Balaban J connectivity index is 1.99. The third-order valence-corrected chi connectivity index (χ3v) is 6.94. The van der Waals surface area contributed by atoms with Gasteiger partial charge < -0.3 is 9.84 Å². The van der Waals surface area contributed by atoms with Gasteiger partial charge in [0.2, 0.25) is 0 Å². The van der Waals surface area contributed by atoms with Crippen molar-refractivity contribution in [2.24, 2.45) is 5.41 Å². The van der Waals surface area contributed by atoms with Crippen molar-refractivity contribution in [1.82, 2.24) is 0 Å². The molecule has 2 fully saturated rings. The van der Waals surface area contributed by atoms with Crippen LogP contribution >= 0.6 is 0 Å². The molecule has 20 heavy (non-hydrogen) atoms. The number of hydrogen-bond donors (Lipinski definition) is 1. The van der Waals surface area contributed by atoms with E-state index in [9.17, 15) is 18.3 Å². The zero-order valence-electron chi connectivity index (χ0n) is 11.1. The maximum Gasteiger partial charge on any atom is 0.325 e. The summed E-state index contributed by atoms with van der Waals surface area (Å²) < 4.78 is 28.7. The van der Waals surface area contributed by atoms with Crippen LogP contribution < -0.4 is 4.74 Å². The number of rotatable bonds is 4. The molecule has 1 N–H and O–H groups in total. The van der Waals surface area contributed by atoms with Crippen LogP contribution in [0.4, 0.5) is 0 Å². The van der Waals surface area contributed by atoms with Crippen LogP contribution in [0.25, 0.3) is 0 Å². The number of carboxylic acid groups (broad SMARTS) is 1. The van der Waals surface area contributed by atoms with Gasteiger partial charge >= 0.3 is 5.97 Å². The molecule has 0 amide bonds. The van der Waals surface area contributed by atoms with Crippen molar-refractivity contribution in [3.63, 3.8) is 0 Å². The Hall–Kier alpha value is -1.56. The fourth-order valence-corrected chi connectivity index (χ4v) is 5.29. The minimum Gasteiger partial charge on any atom is -0.497 e. The Kier molecular flexibility index (Phi) is 2.67. The van der Waals surface area contributed by atoms with Gasteiger partial charge in [-0.15, -0.1) is 0 Å². The monoisotopic (exact) mass is 296 g/mol. The molecule has 2 saturated carbocycles. The molecule has 1 spiro atoms. The highest BCUT2D eigenvalue weighted by Crippen LogP contribution is 2.67. The number of ether oxygens (including phenoxy) is 1. The highest BCUT2D eigenvalue weighted by Gasteiger charge is 2.70. The molecule has 0 atom stereocenters. The van der Waals surface area contributed by atoms with Crippen LogP contribution in [0.5, 0.6) is 5.75 Å². The molecule has 0 bridgehead atoms. The Labute approximate surface area is 117 Å². The second-order valence-electron chi connectivity index (χ2n) is 5.83.